The maximum Gasteiger partial charge on any atom is 0.240 e. The Kier molecular flexibility index (Phi) is 4.28. The van der Waals surface area contributed by atoms with E-state index in [9.17, 15) is 8.42 Å². The molecule has 0 aliphatic carbocycles. The fourth-order valence-corrected chi connectivity index (χ4v) is 2.08. The fourth-order valence-electron chi connectivity index (χ4n) is 1.38. The lowest BCUT2D eigenvalue weighted by molar-refractivity contribution is 0.597. The zero-order chi connectivity index (χ0) is 12.2. The molecule has 0 aliphatic rings. The first-order valence-electron chi connectivity index (χ1n) is 5.07. The minimum absolute atomic E-state index is 0.0444. The minimum atomic E-state index is -3.70. The van der Waals surface area contributed by atoms with E-state index in [1.165, 1.54) is 6.07 Å². The Hall–Kier alpha value is -1.11. The topological polar surface area (TPSA) is 98.2 Å². The van der Waals surface area contributed by atoms with Crippen LogP contribution in [0.5, 0.6) is 0 Å². The lowest BCUT2D eigenvalue weighted by Gasteiger charge is -2.17. The maximum atomic E-state index is 11.3. The Morgan fingerprint density at radius 2 is 2.00 bits per heavy atom. The van der Waals surface area contributed by atoms with Gasteiger partial charge in [0.25, 0.3) is 0 Å². The average Bonchev–Trinajstić information content (AvgIpc) is 2.25. The van der Waals surface area contributed by atoms with E-state index < -0.39 is 10.0 Å². The minimum Gasteiger partial charge on any atom is -0.380 e. The number of nitrogens with two attached hydrogens (primary N) is 2. The molecule has 0 bridgehead atoms. The van der Waals surface area contributed by atoms with E-state index in [4.69, 9.17) is 10.9 Å². The lowest BCUT2D eigenvalue weighted by Crippen LogP contribution is -2.29. The van der Waals surface area contributed by atoms with Gasteiger partial charge in [0.15, 0.2) is 0 Å². The van der Waals surface area contributed by atoms with Gasteiger partial charge in [-0.1, -0.05) is 19.1 Å². The third-order valence-electron chi connectivity index (χ3n) is 2.33. The molecule has 0 aromatic heterocycles. The summed E-state index contributed by atoms with van der Waals surface area (Å²) in [5.74, 6) is 0. The van der Waals surface area contributed by atoms with E-state index in [1.807, 2.05) is 6.92 Å². The molecule has 0 radical (unpaired) electrons. The van der Waals surface area contributed by atoms with Crippen molar-refractivity contribution in [3.63, 3.8) is 0 Å². The van der Waals surface area contributed by atoms with Crippen LogP contribution in [0.2, 0.25) is 0 Å². The number of benzene rings is 1. The molecule has 90 valence electrons. The van der Waals surface area contributed by atoms with Crippen molar-refractivity contribution >= 4 is 15.7 Å². The van der Waals surface area contributed by atoms with Gasteiger partial charge in [0.1, 0.15) is 4.90 Å². The molecule has 1 unspecified atom stereocenters. The molecule has 16 heavy (non-hydrogen) atoms. The Bertz CT molecular complexity index is 441. The SMILES string of the molecule is CCC(CN)Nc1ccccc1S(N)(=O)=O. The number of rotatable bonds is 5. The molecular formula is C10H17N3O2S. The Morgan fingerprint density at radius 3 is 2.50 bits per heavy atom. The monoisotopic (exact) mass is 243 g/mol. The first-order valence-corrected chi connectivity index (χ1v) is 6.62. The predicted octanol–water partition coefficient (Wildman–Crippen LogP) is 0.483. The molecule has 1 aromatic rings. The lowest BCUT2D eigenvalue weighted by atomic mass is 10.2. The van der Waals surface area contributed by atoms with Gasteiger partial charge in [-0.15, -0.1) is 0 Å². The van der Waals surface area contributed by atoms with Crippen LogP contribution in [0.3, 0.4) is 0 Å². The van der Waals surface area contributed by atoms with Crippen LogP contribution in [0, 0.1) is 0 Å². The smallest absolute Gasteiger partial charge is 0.240 e. The van der Waals surface area contributed by atoms with Crippen LogP contribution in [0.4, 0.5) is 5.69 Å². The third kappa shape index (κ3) is 3.19. The van der Waals surface area contributed by atoms with Gasteiger partial charge in [-0.05, 0) is 18.6 Å². The third-order valence-corrected chi connectivity index (χ3v) is 3.30. The van der Waals surface area contributed by atoms with Crippen LogP contribution in [-0.4, -0.2) is 21.0 Å². The molecule has 0 spiro atoms. The van der Waals surface area contributed by atoms with Crippen LogP contribution >= 0.6 is 0 Å². The second kappa shape index (κ2) is 5.29. The first kappa shape index (κ1) is 13.0. The van der Waals surface area contributed by atoms with Gasteiger partial charge in [0, 0.05) is 12.6 Å². The van der Waals surface area contributed by atoms with Crippen molar-refractivity contribution < 1.29 is 8.42 Å². The summed E-state index contributed by atoms with van der Waals surface area (Å²) in [6.45, 7) is 2.42. The summed E-state index contributed by atoms with van der Waals surface area (Å²) in [5.41, 5.74) is 6.05. The second-order valence-corrected chi connectivity index (χ2v) is 5.06. The van der Waals surface area contributed by atoms with Crippen LogP contribution in [-0.2, 0) is 10.0 Å². The Balaban J connectivity index is 3.05. The highest BCUT2D eigenvalue weighted by Crippen LogP contribution is 2.20. The van der Waals surface area contributed by atoms with Crippen molar-refractivity contribution in [1.82, 2.24) is 0 Å². The molecule has 0 saturated heterocycles. The molecule has 1 aromatic carbocycles. The molecule has 1 atom stereocenters. The molecule has 0 aliphatic heterocycles. The molecular weight excluding hydrogens is 226 g/mol. The summed E-state index contributed by atoms with van der Waals surface area (Å²) in [5, 5.41) is 8.19. The van der Waals surface area contributed by atoms with Gasteiger partial charge < -0.3 is 11.1 Å². The molecule has 0 heterocycles. The van der Waals surface area contributed by atoms with E-state index in [-0.39, 0.29) is 10.9 Å². The van der Waals surface area contributed by atoms with Gasteiger partial charge in [-0.25, -0.2) is 13.6 Å². The standard InChI is InChI=1S/C10H17N3O2S/c1-2-8(7-11)13-9-5-3-4-6-10(9)16(12,14)15/h3-6,8,13H,2,7,11H2,1H3,(H2,12,14,15). The predicted molar refractivity (Wildman–Crippen MR) is 64.6 cm³/mol. The van der Waals surface area contributed by atoms with Crippen LogP contribution < -0.4 is 16.2 Å². The van der Waals surface area contributed by atoms with Crippen LogP contribution in [0.15, 0.2) is 29.2 Å². The largest absolute Gasteiger partial charge is 0.380 e. The van der Waals surface area contributed by atoms with Crippen molar-refractivity contribution in [2.75, 3.05) is 11.9 Å². The number of primary sulfonamides is 1. The summed E-state index contributed by atoms with van der Waals surface area (Å²) < 4.78 is 22.6. The van der Waals surface area contributed by atoms with E-state index in [2.05, 4.69) is 5.32 Å². The van der Waals surface area contributed by atoms with E-state index >= 15 is 0 Å². The molecule has 5 N–H and O–H groups in total. The van der Waals surface area contributed by atoms with Crippen molar-refractivity contribution in [1.29, 1.82) is 0 Å². The number of hydrogen-bond donors (Lipinski definition) is 3. The first-order chi connectivity index (χ1) is 7.49. The summed E-state index contributed by atoms with van der Waals surface area (Å²) in [6, 6.07) is 6.58. The van der Waals surface area contributed by atoms with Gasteiger partial charge in [0.05, 0.1) is 5.69 Å². The van der Waals surface area contributed by atoms with Gasteiger partial charge >= 0.3 is 0 Å². The zero-order valence-corrected chi connectivity index (χ0v) is 10.00. The van der Waals surface area contributed by atoms with Gasteiger partial charge in [-0.2, -0.15) is 0 Å². The molecule has 6 heteroatoms. The number of hydrogen-bond acceptors (Lipinski definition) is 4. The molecule has 5 nitrogen and oxygen atoms in total. The number of nitrogens with one attached hydrogen (secondary N) is 1. The maximum absolute atomic E-state index is 11.3. The Labute approximate surface area is 95.9 Å². The van der Waals surface area contributed by atoms with E-state index in [0.29, 0.717) is 12.2 Å². The van der Waals surface area contributed by atoms with Crippen LogP contribution in [0.25, 0.3) is 0 Å². The quantitative estimate of drug-likeness (QED) is 0.700. The highest BCUT2D eigenvalue weighted by atomic mass is 32.2. The Morgan fingerprint density at radius 1 is 1.38 bits per heavy atom. The van der Waals surface area contributed by atoms with E-state index in [1.54, 1.807) is 18.2 Å². The van der Waals surface area contributed by atoms with Crippen molar-refractivity contribution in [2.24, 2.45) is 10.9 Å². The molecule has 0 saturated carbocycles. The van der Waals surface area contributed by atoms with Crippen molar-refractivity contribution in [3.05, 3.63) is 24.3 Å². The van der Waals surface area contributed by atoms with Crippen LogP contribution in [0.1, 0.15) is 13.3 Å². The normalized spacial score (nSPS) is 13.4. The van der Waals surface area contributed by atoms with Gasteiger partial charge in [0.2, 0.25) is 10.0 Å². The number of anilines is 1. The second-order valence-electron chi connectivity index (χ2n) is 3.53. The molecule has 1 rings (SSSR count). The fraction of sp³-hybridized carbons (Fsp3) is 0.400. The van der Waals surface area contributed by atoms with Crippen molar-refractivity contribution in [2.45, 2.75) is 24.3 Å². The summed E-state index contributed by atoms with van der Waals surface area (Å²) in [4.78, 5) is 0.0990. The van der Waals surface area contributed by atoms with E-state index in [0.717, 1.165) is 6.42 Å². The summed E-state index contributed by atoms with van der Waals surface area (Å²) in [7, 11) is -3.70. The summed E-state index contributed by atoms with van der Waals surface area (Å²) in [6.07, 6.45) is 0.815. The zero-order valence-electron chi connectivity index (χ0n) is 9.18. The average molecular weight is 243 g/mol. The highest BCUT2D eigenvalue weighted by molar-refractivity contribution is 7.89. The van der Waals surface area contributed by atoms with Gasteiger partial charge in [-0.3, -0.25) is 0 Å². The molecule has 0 amide bonds. The number of sulfonamides is 1. The number of para-hydroxylation sites is 1. The summed E-state index contributed by atoms with van der Waals surface area (Å²) >= 11 is 0. The molecule has 0 fully saturated rings. The highest BCUT2D eigenvalue weighted by Gasteiger charge is 2.14. The van der Waals surface area contributed by atoms with Crippen molar-refractivity contribution in [3.8, 4) is 0 Å².